The lowest BCUT2D eigenvalue weighted by atomic mass is 9.80. The van der Waals surface area contributed by atoms with Crippen LogP contribution in [-0.2, 0) is 4.74 Å². The molecule has 0 spiro atoms. The van der Waals surface area contributed by atoms with E-state index >= 15 is 0 Å². The predicted octanol–water partition coefficient (Wildman–Crippen LogP) is 2.09. The summed E-state index contributed by atoms with van der Waals surface area (Å²) in [5, 5.41) is 7.02. The molecule has 2 fully saturated rings. The van der Waals surface area contributed by atoms with Crippen LogP contribution < -0.4 is 10.6 Å². The van der Waals surface area contributed by atoms with Crippen molar-refractivity contribution < 1.29 is 4.74 Å². The number of nitrogens with zero attached hydrogens (tertiary/aromatic N) is 2. The van der Waals surface area contributed by atoms with Gasteiger partial charge in [-0.1, -0.05) is 13.8 Å². The summed E-state index contributed by atoms with van der Waals surface area (Å²) in [5.41, 5.74) is 0. The number of guanidine groups is 1. The Balaban J connectivity index is 1.80. The number of likely N-dealkylation sites (N-methyl/N-ethyl adjacent to an activating group) is 1. The highest BCUT2D eigenvalue weighted by molar-refractivity contribution is 5.80. The average molecular weight is 325 g/mol. The molecule has 0 bridgehead atoms. The first kappa shape index (κ1) is 18.5. The predicted molar refractivity (Wildman–Crippen MR) is 96.9 cm³/mol. The molecular formula is C18H36N4O. The van der Waals surface area contributed by atoms with Gasteiger partial charge >= 0.3 is 0 Å². The molecule has 0 aromatic rings. The van der Waals surface area contributed by atoms with Crippen LogP contribution in [0.5, 0.6) is 0 Å². The maximum Gasteiger partial charge on any atom is 0.191 e. The van der Waals surface area contributed by atoms with Crippen molar-refractivity contribution >= 4 is 5.96 Å². The van der Waals surface area contributed by atoms with Gasteiger partial charge in [-0.3, -0.25) is 4.99 Å². The van der Waals surface area contributed by atoms with Gasteiger partial charge in [0, 0.05) is 25.7 Å². The molecule has 0 aromatic heterocycles. The molecule has 1 saturated carbocycles. The van der Waals surface area contributed by atoms with Gasteiger partial charge in [0.1, 0.15) is 0 Å². The Morgan fingerprint density at radius 1 is 1.26 bits per heavy atom. The smallest absolute Gasteiger partial charge is 0.191 e. The highest BCUT2D eigenvalue weighted by Gasteiger charge is 2.24. The van der Waals surface area contributed by atoms with E-state index in [2.05, 4.69) is 43.4 Å². The third-order valence-electron chi connectivity index (χ3n) is 5.19. The number of morpholine rings is 1. The van der Waals surface area contributed by atoms with Crippen molar-refractivity contribution in [3.8, 4) is 0 Å². The van der Waals surface area contributed by atoms with E-state index in [9.17, 15) is 0 Å². The van der Waals surface area contributed by atoms with Crippen LogP contribution in [0, 0.1) is 11.8 Å². The van der Waals surface area contributed by atoms with Crippen LogP contribution in [0.1, 0.15) is 46.5 Å². The van der Waals surface area contributed by atoms with Crippen molar-refractivity contribution in [1.82, 2.24) is 15.5 Å². The zero-order chi connectivity index (χ0) is 16.7. The fourth-order valence-electron chi connectivity index (χ4n) is 3.61. The van der Waals surface area contributed by atoms with Crippen LogP contribution in [-0.4, -0.2) is 62.8 Å². The Morgan fingerprint density at radius 3 is 2.61 bits per heavy atom. The normalized spacial score (nSPS) is 30.5. The summed E-state index contributed by atoms with van der Waals surface area (Å²) in [6.07, 6.45) is 5.42. The third kappa shape index (κ3) is 6.30. The molecule has 0 radical (unpaired) electrons. The number of rotatable bonds is 5. The molecule has 2 aliphatic rings. The van der Waals surface area contributed by atoms with E-state index in [0.29, 0.717) is 6.04 Å². The van der Waals surface area contributed by atoms with Gasteiger partial charge < -0.3 is 20.3 Å². The van der Waals surface area contributed by atoms with Gasteiger partial charge in [-0.25, -0.2) is 0 Å². The number of nitrogens with one attached hydrogen (secondary N) is 2. The van der Waals surface area contributed by atoms with Crippen molar-refractivity contribution in [3.63, 3.8) is 0 Å². The largest absolute Gasteiger partial charge is 0.374 e. The van der Waals surface area contributed by atoms with E-state index < -0.39 is 0 Å². The monoisotopic (exact) mass is 324 g/mol. The van der Waals surface area contributed by atoms with E-state index in [1.54, 1.807) is 0 Å². The van der Waals surface area contributed by atoms with E-state index in [0.717, 1.165) is 50.6 Å². The van der Waals surface area contributed by atoms with Gasteiger partial charge in [-0.15, -0.1) is 0 Å². The molecule has 2 rings (SSSR count). The van der Waals surface area contributed by atoms with E-state index in [1.165, 1.54) is 25.7 Å². The molecular weight excluding hydrogens is 288 g/mol. The summed E-state index contributed by atoms with van der Waals surface area (Å²) in [6.45, 7) is 11.3. The fourth-order valence-corrected chi connectivity index (χ4v) is 3.61. The second-order valence-electron chi connectivity index (χ2n) is 7.47. The molecule has 1 heterocycles. The molecule has 1 saturated heterocycles. The molecule has 1 unspecified atom stereocenters. The Hall–Kier alpha value is -0.810. The Bertz CT molecular complexity index is 364. The van der Waals surface area contributed by atoms with Crippen LogP contribution in [0.2, 0.25) is 0 Å². The van der Waals surface area contributed by atoms with Crippen LogP contribution >= 0.6 is 0 Å². The summed E-state index contributed by atoms with van der Waals surface area (Å²) in [4.78, 5) is 7.08. The quantitative estimate of drug-likeness (QED) is 0.600. The van der Waals surface area contributed by atoms with Crippen molar-refractivity contribution in [2.75, 3.05) is 39.8 Å². The zero-order valence-electron chi connectivity index (χ0n) is 15.5. The van der Waals surface area contributed by atoms with Crippen LogP contribution in [0.4, 0.5) is 0 Å². The minimum absolute atomic E-state index is 0.223. The summed E-state index contributed by atoms with van der Waals surface area (Å²) in [6, 6.07) is 0.567. The summed E-state index contributed by atoms with van der Waals surface area (Å²) in [7, 11) is 2.15. The Morgan fingerprint density at radius 2 is 2.00 bits per heavy atom. The summed E-state index contributed by atoms with van der Waals surface area (Å²) in [5.74, 6) is 2.68. The standard InChI is InChI=1S/C18H36N4O/c1-5-19-18(20-12-17-13-22(4)10-11-23-17)21-16-8-6-15(7-9-16)14(2)3/h14-17H,5-13H2,1-4H3,(H2,19,20,21). The van der Waals surface area contributed by atoms with Gasteiger partial charge in [-0.05, 0) is 51.5 Å². The number of hydrogen-bond donors (Lipinski definition) is 2. The molecule has 1 aliphatic heterocycles. The SMILES string of the molecule is CCNC(=NCC1CN(C)CCO1)NC1CCC(C(C)C)CC1. The van der Waals surface area contributed by atoms with Gasteiger partial charge in [0.15, 0.2) is 5.96 Å². The van der Waals surface area contributed by atoms with Gasteiger partial charge in [0.25, 0.3) is 0 Å². The lowest BCUT2D eigenvalue weighted by molar-refractivity contribution is -0.0136. The van der Waals surface area contributed by atoms with Gasteiger partial charge in [-0.2, -0.15) is 0 Å². The fraction of sp³-hybridized carbons (Fsp3) is 0.944. The summed E-state index contributed by atoms with van der Waals surface area (Å²) < 4.78 is 5.80. The van der Waals surface area contributed by atoms with Crippen molar-refractivity contribution in [1.29, 1.82) is 0 Å². The molecule has 23 heavy (non-hydrogen) atoms. The van der Waals surface area contributed by atoms with E-state index in [4.69, 9.17) is 9.73 Å². The first-order valence-electron chi connectivity index (χ1n) is 9.43. The second kappa shape index (κ2) is 9.48. The first-order valence-corrected chi connectivity index (χ1v) is 9.43. The van der Waals surface area contributed by atoms with Crippen LogP contribution in [0.15, 0.2) is 4.99 Å². The van der Waals surface area contributed by atoms with Crippen LogP contribution in [0.25, 0.3) is 0 Å². The molecule has 0 aromatic carbocycles. The topological polar surface area (TPSA) is 48.9 Å². The minimum atomic E-state index is 0.223. The molecule has 5 heteroatoms. The number of aliphatic imine (C=N–C) groups is 1. The lowest BCUT2D eigenvalue weighted by Crippen LogP contribution is -2.46. The first-order chi connectivity index (χ1) is 11.1. The highest BCUT2D eigenvalue weighted by Crippen LogP contribution is 2.29. The lowest BCUT2D eigenvalue weighted by Gasteiger charge is -2.32. The molecule has 134 valence electrons. The van der Waals surface area contributed by atoms with Crippen molar-refractivity contribution in [3.05, 3.63) is 0 Å². The molecule has 1 aliphatic carbocycles. The maximum absolute atomic E-state index is 5.80. The van der Waals surface area contributed by atoms with Crippen molar-refractivity contribution in [2.24, 2.45) is 16.8 Å². The summed E-state index contributed by atoms with van der Waals surface area (Å²) >= 11 is 0. The number of ether oxygens (including phenoxy) is 1. The van der Waals surface area contributed by atoms with E-state index in [1.807, 2.05) is 0 Å². The zero-order valence-corrected chi connectivity index (χ0v) is 15.5. The molecule has 5 nitrogen and oxygen atoms in total. The minimum Gasteiger partial charge on any atom is -0.374 e. The number of hydrogen-bond acceptors (Lipinski definition) is 3. The Labute approximate surface area is 142 Å². The third-order valence-corrected chi connectivity index (χ3v) is 5.19. The van der Waals surface area contributed by atoms with Crippen molar-refractivity contribution in [2.45, 2.75) is 58.6 Å². The second-order valence-corrected chi connectivity index (χ2v) is 7.47. The van der Waals surface area contributed by atoms with E-state index in [-0.39, 0.29) is 6.10 Å². The average Bonchev–Trinajstić information content (AvgIpc) is 2.53. The molecule has 1 atom stereocenters. The van der Waals surface area contributed by atoms with Gasteiger partial charge in [0.05, 0.1) is 19.3 Å². The van der Waals surface area contributed by atoms with Gasteiger partial charge in [0.2, 0.25) is 0 Å². The molecule has 0 amide bonds. The molecule has 2 N–H and O–H groups in total. The Kier molecular flexibility index (Phi) is 7.63. The van der Waals surface area contributed by atoms with Crippen LogP contribution in [0.3, 0.4) is 0 Å². The maximum atomic E-state index is 5.80. The highest BCUT2D eigenvalue weighted by atomic mass is 16.5.